The van der Waals surface area contributed by atoms with Crippen LogP contribution >= 0.6 is 0 Å². The van der Waals surface area contributed by atoms with Crippen molar-refractivity contribution in [3.8, 4) is 0 Å². The highest BCUT2D eigenvalue weighted by Gasteiger charge is 2.28. The number of hydrogen-bond acceptors (Lipinski definition) is 6. The zero-order chi connectivity index (χ0) is 22.2. The van der Waals surface area contributed by atoms with Crippen molar-refractivity contribution in [2.75, 3.05) is 25.4 Å². The first-order valence-electron chi connectivity index (χ1n) is 10.0. The number of carbonyl (C=O) groups excluding carboxylic acids is 2. The van der Waals surface area contributed by atoms with Gasteiger partial charge in [0.2, 0.25) is 5.91 Å². The number of fused-ring (bicyclic) bond motifs is 1. The Kier molecular flexibility index (Phi) is 5.76. The van der Waals surface area contributed by atoms with E-state index in [1.54, 1.807) is 23.1 Å². The molecule has 31 heavy (non-hydrogen) atoms. The Morgan fingerprint density at radius 2 is 1.97 bits per heavy atom. The highest BCUT2D eigenvalue weighted by Crippen LogP contribution is 2.31. The molecule has 2 aromatic rings. The first kappa shape index (κ1) is 21.4. The van der Waals surface area contributed by atoms with Gasteiger partial charge in [0.15, 0.2) is 9.84 Å². The third-order valence-electron chi connectivity index (χ3n) is 5.75. The first-order valence-corrected chi connectivity index (χ1v) is 11.8. The highest BCUT2D eigenvalue weighted by molar-refractivity contribution is 7.94. The van der Waals surface area contributed by atoms with Gasteiger partial charge in [0.1, 0.15) is 5.82 Å². The van der Waals surface area contributed by atoms with Gasteiger partial charge in [-0.3, -0.25) is 14.6 Å². The maximum absolute atomic E-state index is 13.5. The van der Waals surface area contributed by atoms with Gasteiger partial charge in [-0.15, -0.1) is 0 Å². The summed E-state index contributed by atoms with van der Waals surface area (Å²) in [6.45, 7) is 1.04. The number of likely N-dealkylation sites (tertiary alicyclic amines) is 1. The van der Waals surface area contributed by atoms with Gasteiger partial charge in [-0.2, -0.15) is 0 Å². The lowest BCUT2D eigenvalue weighted by Gasteiger charge is -2.32. The van der Waals surface area contributed by atoms with E-state index >= 15 is 0 Å². The molecule has 164 valence electrons. The molecule has 0 aliphatic carbocycles. The number of amides is 2. The number of primary amides is 1. The van der Waals surface area contributed by atoms with Crippen molar-refractivity contribution < 1.29 is 22.4 Å². The van der Waals surface area contributed by atoms with Crippen molar-refractivity contribution in [1.82, 2.24) is 15.2 Å². The molecule has 2 amide bonds. The van der Waals surface area contributed by atoms with Gasteiger partial charge in [0.25, 0.3) is 5.91 Å². The van der Waals surface area contributed by atoms with Crippen LogP contribution in [0.4, 0.5) is 4.39 Å². The summed E-state index contributed by atoms with van der Waals surface area (Å²) in [7, 11) is -3.17. The molecule has 0 saturated carbocycles. The summed E-state index contributed by atoms with van der Waals surface area (Å²) in [5.74, 6) is -1.21. The van der Waals surface area contributed by atoms with Crippen molar-refractivity contribution in [2.24, 2.45) is 5.73 Å². The maximum atomic E-state index is 13.5. The summed E-state index contributed by atoms with van der Waals surface area (Å²) in [6, 6.07) is 5.44. The largest absolute Gasteiger partial charge is 0.366 e. The molecule has 3 N–H and O–H groups in total. The summed E-state index contributed by atoms with van der Waals surface area (Å²) in [4.78, 5) is 30.8. The summed E-state index contributed by atoms with van der Waals surface area (Å²) < 4.78 is 36.4. The highest BCUT2D eigenvalue weighted by atomic mass is 32.2. The molecule has 1 fully saturated rings. The molecular weight excluding hydrogens is 423 g/mol. The normalized spacial score (nSPS) is 20.9. The predicted octanol–water partition coefficient (Wildman–Crippen LogP) is 1.08. The Balaban J connectivity index is 1.41. The molecular formula is C21H23FN4O4S. The number of pyridine rings is 1. The van der Waals surface area contributed by atoms with Gasteiger partial charge in [0.05, 0.1) is 29.1 Å². The minimum atomic E-state index is -3.17. The second-order valence-electron chi connectivity index (χ2n) is 7.92. The van der Waals surface area contributed by atoms with E-state index in [1.165, 1.54) is 17.5 Å². The molecule has 8 nitrogen and oxygen atoms in total. The van der Waals surface area contributed by atoms with Crippen molar-refractivity contribution in [3.63, 3.8) is 0 Å². The molecule has 0 spiro atoms. The fourth-order valence-electron chi connectivity index (χ4n) is 4.11. The molecule has 1 aromatic heterocycles. The SMILES string of the molecule is NC(=O)c1cc2cc(F)ccc2nc1C1CCN(C(=O)CN[C@@H]2C=CS(=O)(=O)C2)CC1. The van der Waals surface area contributed by atoms with Crippen molar-refractivity contribution >= 4 is 32.6 Å². The van der Waals surface area contributed by atoms with E-state index in [1.807, 2.05) is 0 Å². The molecule has 3 heterocycles. The van der Waals surface area contributed by atoms with Crippen LogP contribution < -0.4 is 11.1 Å². The number of aromatic nitrogens is 1. The fraction of sp³-hybridized carbons (Fsp3) is 0.381. The van der Waals surface area contributed by atoms with E-state index in [4.69, 9.17) is 5.73 Å². The fourth-order valence-corrected chi connectivity index (χ4v) is 5.38. The van der Waals surface area contributed by atoms with Gasteiger partial charge in [0, 0.05) is 35.8 Å². The average Bonchev–Trinajstić information content (AvgIpc) is 3.09. The van der Waals surface area contributed by atoms with Crippen LogP contribution in [0.1, 0.15) is 34.8 Å². The lowest BCUT2D eigenvalue weighted by Crippen LogP contribution is -2.45. The monoisotopic (exact) mass is 446 g/mol. The minimum absolute atomic E-state index is 0.0320. The molecule has 0 bridgehead atoms. The zero-order valence-corrected chi connectivity index (χ0v) is 17.6. The Morgan fingerprint density at radius 3 is 2.61 bits per heavy atom. The van der Waals surface area contributed by atoms with Gasteiger partial charge < -0.3 is 16.0 Å². The smallest absolute Gasteiger partial charge is 0.250 e. The van der Waals surface area contributed by atoms with E-state index in [9.17, 15) is 22.4 Å². The number of rotatable bonds is 5. The van der Waals surface area contributed by atoms with Crippen LogP contribution in [0.2, 0.25) is 0 Å². The molecule has 1 atom stereocenters. The summed E-state index contributed by atoms with van der Waals surface area (Å²) >= 11 is 0. The standard InChI is InChI=1S/C21H23FN4O4S/c22-15-1-2-18-14(9-15)10-17(21(23)28)20(25-18)13-3-6-26(7-4-13)19(27)11-24-16-5-8-31(29,30)12-16/h1-2,5,8-10,13,16,24H,3-4,6-7,11-12H2,(H2,23,28)/t16-/m1/s1. The second-order valence-corrected chi connectivity index (χ2v) is 9.85. The summed E-state index contributed by atoms with van der Waals surface area (Å²) in [5, 5.41) is 4.65. The maximum Gasteiger partial charge on any atom is 0.250 e. The van der Waals surface area contributed by atoms with E-state index in [-0.39, 0.29) is 35.7 Å². The molecule has 2 aliphatic rings. The van der Waals surface area contributed by atoms with Crippen molar-refractivity contribution in [3.05, 3.63) is 52.8 Å². The van der Waals surface area contributed by atoms with Crippen LogP contribution in [-0.2, 0) is 14.6 Å². The molecule has 0 unspecified atom stereocenters. The van der Waals surface area contributed by atoms with Crippen LogP contribution in [0.5, 0.6) is 0 Å². The number of halogens is 1. The number of sulfone groups is 1. The quantitative estimate of drug-likeness (QED) is 0.709. The Hall–Kier alpha value is -2.85. The number of carbonyl (C=O) groups is 2. The molecule has 1 saturated heterocycles. The zero-order valence-electron chi connectivity index (χ0n) is 16.8. The number of nitrogens with two attached hydrogens (primary N) is 1. The Labute approximate surface area is 179 Å². The van der Waals surface area contributed by atoms with E-state index in [0.717, 1.165) is 0 Å². The molecule has 2 aliphatic heterocycles. The van der Waals surface area contributed by atoms with Crippen molar-refractivity contribution in [2.45, 2.75) is 24.8 Å². The molecule has 1 aromatic carbocycles. The van der Waals surface area contributed by atoms with Gasteiger partial charge in [-0.05, 0) is 37.1 Å². The van der Waals surface area contributed by atoms with E-state index < -0.39 is 21.6 Å². The number of nitrogens with zero attached hydrogens (tertiary/aromatic N) is 2. The van der Waals surface area contributed by atoms with Crippen LogP contribution in [0.25, 0.3) is 10.9 Å². The lowest BCUT2D eigenvalue weighted by atomic mass is 9.89. The predicted molar refractivity (Wildman–Crippen MR) is 113 cm³/mol. The third-order valence-corrected chi connectivity index (χ3v) is 7.15. The van der Waals surface area contributed by atoms with Gasteiger partial charge in [-0.25, -0.2) is 12.8 Å². The van der Waals surface area contributed by atoms with Gasteiger partial charge >= 0.3 is 0 Å². The minimum Gasteiger partial charge on any atom is -0.366 e. The first-order chi connectivity index (χ1) is 14.7. The Bertz CT molecular complexity index is 1170. The third kappa shape index (κ3) is 4.75. The van der Waals surface area contributed by atoms with Crippen molar-refractivity contribution in [1.29, 1.82) is 0 Å². The molecule has 0 radical (unpaired) electrons. The lowest BCUT2D eigenvalue weighted by molar-refractivity contribution is -0.131. The van der Waals surface area contributed by atoms with E-state index in [2.05, 4.69) is 10.3 Å². The number of nitrogens with one attached hydrogen (secondary N) is 1. The topological polar surface area (TPSA) is 122 Å². The number of piperidine rings is 1. The molecule has 10 heteroatoms. The number of benzene rings is 1. The van der Waals surface area contributed by atoms with Gasteiger partial charge in [-0.1, -0.05) is 6.08 Å². The van der Waals surface area contributed by atoms with Crippen LogP contribution in [-0.4, -0.2) is 61.5 Å². The van der Waals surface area contributed by atoms with E-state index in [0.29, 0.717) is 42.5 Å². The number of hydrogen-bond donors (Lipinski definition) is 2. The van der Waals surface area contributed by atoms with Crippen LogP contribution in [0.15, 0.2) is 35.7 Å². The average molecular weight is 447 g/mol. The van der Waals surface area contributed by atoms with Crippen LogP contribution in [0.3, 0.4) is 0 Å². The summed E-state index contributed by atoms with van der Waals surface area (Å²) in [6.07, 6.45) is 2.78. The second kappa shape index (κ2) is 8.35. The Morgan fingerprint density at radius 1 is 1.23 bits per heavy atom. The summed E-state index contributed by atoms with van der Waals surface area (Å²) in [5.41, 5.74) is 7.00. The molecule has 4 rings (SSSR count). The van der Waals surface area contributed by atoms with Crippen LogP contribution in [0, 0.1) is 5.82 Å².